The average Bonchev–Trinajstić information content (AvgIpc) is 3.46. The maximum atomic E-state index is 16.3. The molecule has 4 heterocycles. The Morgan fingerprint density at radius 2 is 1.85 bits per heavy atom. The molecule has 2 aliphatic rings. The Morgan fingerprint density at radius 1 is 1.09 bits per heavy atom. The van der Waals surface area contributed by atoms with Crippen molar-refractivity contribution >= 4 is 48.5 Å². The Bertz CT molecular complexity index is 2000. The quantitative estimate of drug-likeness (QED) is 0.262. The first kappa shape index (κ1) is 32.1. The van der Waals surface area contributed by atoms with Crippen molar-refractivity contribution in [2.45, 2.75) is 50.0 Å². The Balaban J connectivity index is 1.34. The minimum atomic E-state index is -4.17. The van der Waals surface area contributed by atoms with Crippen LogP contribution in [-0.4, -0.2) is 69.5 Å². The van der Waals surface area contributed by atoms with Crippen molar-refractivity contribution in [2.75, 3.05) is 46.6 Å². The van der Waals surface area contributed by atoms with Gasteiger partial charge in [0.05, 0.1) is 55.6 Å². The van der Waals surface area contributed by atoms with Crippen LogP contribution in [0.15, 0.2) is 53.6 Å². The van der Waals surface area contributed by atoms with Crippen LogP contribution in [0.4, 0.5) is 21.7 Å². The molecule has 15 heteroatoms. The molecule has 0 spiro atoms. The van der Waals surface area contributed by atoms with E-state index in [2.05, 4.69) is 15.0 Å². The Kier molecular flexibility index (Phi) is 8.44. The molecule has 0 radical (unpaired) electrons. The van der Waals surface area contributed by atoms with Gasteiger partial charge in [-0.2, -0.15) is 0 Å². The van der Waals surface area contributed by atoms with Crippen LogP contribution in [0.1, 0.15) is 38.6 Å². The van der Waals surface area contributed by atoms with E-state index in [1.807, 2.05) is 32.7 Å². The number of rotatable bonds is 7. The molecule has 2 aliphatic heterocycles. The summed E-state index contributed by atoms with van der Waals surface area (Å²) in [6.45, 7) is 7.13. The first-order valence-corrected chi connectivity index (χ1v) is 18.9. The van der Waals surface area contributed by atoms with Gasteiger partial charge in [-0.25, -0.2) is 36.2 Å². The Labute approximate surface area is 272 Å². The van der Waals surface area contributed by atoms with Gasteiger partial charge < -0.3 is 15.0 Å². The lowest BCUT2D eigenvalue weighted by atomic mass is 9.98. The highest BCUT2D eigenvalue weighted by Gasteiger charge is 2.28. The summed E-state index contributed by atoms with van der Waals surface area (Å²) in [5.41, 5.74) is 1.14. The summed E-state index contributed by atoms with van der Waals surface area (Å²) in [4.78, 5) is 16.4. The number of likely N-dealkylation sites (N-methyl/N-ethyl adjacent to an activating group) is 1. The van der Waals surface area contributed by atoms with Crippen LogP contribution in [0.25, 0.3) is 21.8 Å². The predicted molar refractivity (Wildman–Crippen MR) is 179 cm³/mol. The summed E-state index contributed by atoms with van der Waals surface area (Å²) in [6.07, 6.45) is 2.50. The monoisotopic (exact) mass is 686 g/mol. The number of nitrogens with one attached hydrogen (secondary N) is 2. The van der Waals surface area contributed by atoms with Gasteiger partial charge in [-0.1, -0.05) is 26.8 Å². The molecule has 0 unspecified atom stereocenters. The fraction of sp³-hybridized carbons (Fsp3) is 0.387. The molecule has 2 aromatic heterocycles. The number of thiazole rings is 1. The van der Waals surface area contributed by atoms with Gasteiger partial charge in [0.25, 0.3) is 10.0 Å². The lowest BCUT2D eigenvalue weighted by molar-refractivity contribution is 0.310. The highest BCUT2D eigenvalue weighted by molar-refractivity contribution is 7.92. The third kappa shape index (κ3) is 6.67. The molecule has 0 atom stereocenters. The second kappa shape index (κ2) is 12.1. The fourth-order valence-corrected chi connectivity index (χ4v) is 8.94. The van der Waals surface area contributed by atoms with Crippen molar-refractivity contribution < 1.29 is 26.0 Å². The van der Waals surface area contributed by atoms with Gasteiger partial charge >= 0.3 is 0 Å². The average molecular weight is 687 g/mol. The first-order chi connectivity index (χ1) is 21.7. The number of ether oxygens (including phenoxy) is 1. The molecule has 2 N–H and O–H groups in total. The van der Waals surface area contributed by atoms with Crippen LogP contribution < -0.4 is 19.7 Å². The van der Waals surface area contributed by atoms with Crippen molar-refractivity contribution in [2.24, 2.45) is 0 Å². The zero-order valence-corrected chi connectivity index (χ0v) is 28.3. The Hall–Kier alpha value is -3.82. The largest absolute Gasteiger partial charge is 0.490 e. The summed E-state index contributed by atoms with van der Waals surface area (Å²) >= 11 is 1.38. The first-order valence-electron chi connectivity index (χ1n) is 14.8. The molecule has 0 bridgehead atoms. The molecular weight excluding hydrogens is 652 g/mol. The van der Waals surface area contributed by atoms with Gasteiger partial charge in [0.1, 0.15) is 22.2 Å². The molecule has 1 fully saturated rings. The van der Waals surface area contributed by atoms with E-state index in [0.717, 1.165) is 10.7 Å². The van der Waals surface area contributed by atoms with Crippen LogP contribution >= 0.6 is 11.3 Å². The second-order valence-electron chi connectivity index (χ2n) is 12.5. The maximum absolute atomic E-state index is 16.3. The van der Waals surface area contributed by atoms with Crippen molar-refractivity contribution in [1.82, 2.24) is 15.0 Å². The summed E-state index contributed by atoms with van der Waals surface area (Å²) in [7, 11) is -5.29. The molecule has 2 aromatic carbocycles. The number of benzene rings is 2. The number of hydrogen-bond donors (Lipinski definition) is 2. The van der Waals surface area contributed by atoms with E-state index in [0.29, 0.717) is 54.0 Å². The summed E-state index contributed by atoms with van der Waals surface area (Å²) in [5, 5.41) is 3.99. The topological polar surface area (TPSA) is 143 Å². The molecule has 6 rings (SSSR count). The molecule has 0 aliphatic carbocycles. The van der Waals surface area contributed by atoms with Crippen molar-refractivity contribution in [3.05, 3.63) is 59.5 Å². The molecule has 0 saturated carbocycles. The Morgan fingerprint density at radius 3 is 2.59 bits per heavy atom. The third-order valence-electron chi connectivity index (χ3n) is 7.88. The number of nitrogens with zero attached hydrogens (tertiary/aromatic N) is 4. The number of sulfonamides is 1. The maximum Gasteiger partial charge on any atom is 0.262 e. The van der Waals surface area contributed by atoms with E-state index in [-0.39, 0.29) is 39.1 Å². The number of sulfone groups is 1. The van der Waals surface area contributed by atoms with Crippen LogP contribution in [0.3, 0.4) is 0 Å². The molecule has 244 valence electrons. The second-order valence-corrected chi connectivity index (χ2v) is 17.4. The van der Waals surface area contributed by atoms with Crippen molar-refractivity contribution in [3.8, 4) is 27.6 Å². The normalized spacial score (nSPS) is 16.8. The lowest BCUT2D eigenvalue weighted by Gasteiger charge is -2.27. The van der Waals surface area contributed by atoms with Gasteiger partial charge in [0.2, 0.25) is 5.95 Å². The highest BCUT2D eigenvalue weighted by atomic mass is 32.2. The number of hydrogen-bond acceptors (Lipinski definition) is 11. The molecule has 11 nitrogen and oxygen atoms in total. The predicted octanol–water partition coefficient (Wildman–Crippen LogP) is 5.32. The third-order valence-corrected chi connectivity index (χ3v) is 12.5. The van der Waals surface area contributed by atoms with Crippen LogP contribution in [0.2, 0.25) is 0 Å². The van der Waals surface area contributed by atoms with E-state index < -0.39 is 25.7 Å². The van der Waals surface area contributed by atoms with E-state index in [4.69, 9.17) is 14.7 Å². The minimum Gasteiger partial charge on any atom is -0.490 e. The fourth-order valence-electron chi connectivity index (χ4n) is 5.27. The van der Waals surface area contributed by atoms with E-state index >= 15 is 4.39 Å². The summed E-state index contributed by atoms with van der Waals surface area (Å²) in [5.74, 6) is 0.216. The molecule has 4 aromatic rings. The number of fused-ring (bicyclic) bond motifs is 1. The molecule has 46 heavy (non-hydrogen) atoms. The van der Waals surface area contributed by atoms with Gasteiger partial charge in [-0.05, 0) is 43.2 Å². The highest BCUT2D eigenvalue weighted by Crippen LogP contribution is 2.42. The SMILES string of the molecule is CN1CCOc2cc(S(=O)(=O)Nc3cccc(-c4nc(C(C)(C)C)sc4-c4ccnc(NC5CCS(=O)(=O)CC5)n4)c3F)ccc21. The van der Waals surface area contributed by atoms with Crippen molar-refractivity contribution in [3.63, 3.8) is 0 Å². The number of halogens is 1. The minimum absolute atomic E-state index is 0.0488. The lowest BCUT2D eigenvalue weighted by Crippen LogP contribution is -2.32. The van der Waals surface area contributed by atoms with Crippen LogP contribution in [0, 0.1) is 5.82 Å². The summed E-state index contributed by atoms with van der Waals surface area (Å²) in [6, 6.07) is 10.7. The zero-order valence-electron chi connectivity index (χ0n) is 25.9. The van der Waals surface area contributed by atoms with E-state index in [1.54, 1.807) is 30.5 Å². The van der Waals surface area contributed by atoms with E-state index in [1.165, 1.54) is 29.5 Å². The van der Waals surface area contributed by atoms with E-state index in [9.17, 15) is 16.8 Å². The van der Waals surface area contributed by atoms with Gasteiger partial charge in [-0.15, -0.1) is 11.3 Å². The number of aromatic nitrogens is 3. The van der Waals surface area contributed by atoms with Crippen LogP contribution in [0.5, 0.6) is 5.75 Å². The smallest absolute Gasteiger partial charge is 0.262 e. The zero-order chi connectivity index (χ0) is 32.9. The van der Waals surface area contributed by atoms with Gasteiger partial charge in [0.15, 0.2) is 5.82 Å². The standard InChI is InChI=1S/C31H35FN6O5S3/c1-31(2,3)29-36-27(28(44-29)23-10-13-33-30(35-23)34-19-11-16-45(39,40)17-12-19)21-6-5-7-22(26(21)32)37-46(41,42)20-8-9-24-25(18-20)43-15-14-38(24)4/h5-10,13,18-19,37H,11-12,14-17H2,1-4H3,(H,33,34,35). The number of anilines is 3. The molecule has 0 amide bonds. The van der Waals surface area contributed by atoms with Crippen LogP contribution in [-0.2, 0) is 25.3 Å². The molecular formula is C31H35FN6O5S3. The van der Waals surface area contributed by atoms with Gasteiger partial charge in [-0.3, -0.25) is 4.72 Å². The summed E-state index contributed by atoms with van der Waals surface area (Å²) < 4.78 is 74.9. The van der Waals surface area contributed by atoms with Crippen molar-refractivity contribution in [1.29, 1.82) is 0 Å². The van der Waals surface area contributed by atoms with Gasteiger partial charge in [0, 0.05) is 36.3 Å². The molecule has 1 saturated heterocycles.